The van der Waals surface area contributed by atoms with Crippen LogP contribution in [0.2, 0.25) is 0 Å². The van der Waals surface area contributed by atoms with E-state index in [2.05, 4.69) is 5.32 Å². The Kier molecular flexibility index (Phi) is 3.62. The third kappa shape index (κ3) is 2.96. The molecule has 0 aromatic carbocycles. The summed E-state index contributed by atoms with van der Waals surface area (Å²) in [6.45, 7) is 2.14. The molecule has 0 unspecified atom stereocenters. The van der Waals surface area contributed by atoms with Crippen LogP contribution in [0, 0.1) is 0 Å². The number of hydrogen-bond acceptors (Lipinski definition) is 2. The zero-order valence-electron chi connectivity index (χ0n) is 8.43. The summed E-state index contributed by atoms with van der Waals surface area (Å²) in [7, 11) is 0. The molecule has 0 aromatic heterocycles. The van der Waals surface area contributed by atoms with Crippen molar-refractivity contribution in [2.24, 2.45) is 0 Å². The van der Waals surface area contributed by atoms with Gasteiger partial charge in [0.05, 0.1) is 12.7 Å². The van der Waals surface area contributed by atoms with Gasteiger partial charge in [-0.15, -0.1) is 0 Å². The Morgan fingerprint density at radius 1 is 1.00 bits per heavy atom. The molecule has 13 heavy (non-hydrogen) atoms. The normalized spacial score (nSPS) is 30.9. The maximum absolute atomic E-state index is 5.90. The molecule has 0 aromatic rings. The fourth-order valence-electron chi connectivity index (χ4n) is 2.38. The van der Waals surface area contributed by atoms with Crippen LogP contribution in [0.4, 0.5) is 0 Å². The van der Waals surface area contributed by atoms with E-state index in [0.29, 0.717) is 12.1 Å². The Balaban J connectivity index is 1.60. The van der Waals surface area contributed by atoms with Gasteiger partial charge in [-0.1, -0.05) is 19.3 Å². The Hall–Kier alpha value is -0.0800. The molecule has 1 atom stereocenters. The SMILES string of the molecule is C1CCC(OC[C@H]2CCCN2)CC1. The summed E-state index contributed by atoms with van der Waals surface area (Å²) in [6.07, 6.45) is 9.99. The lowest BCUT2D eigenvalue weighted by Crippen LogP contribution is -2.30. The Labute approximate surface area is 81.0 Å². The van der Waals surface area contributed by atoms with Gasteiger partial charge >= 0.3 is 0 Å². The molecule has 2 nitrogen and oxygen atoms in total. The molecule has 2 rings (SSSR count). The molecule has 2 fully saturated rings. The highest BCUT2D eigenvalue weighted by Gasteiger charge is 2.18. The van der Waals surface area contributed by atoms with Gasteiger partial charge in [-0.2, -0.15) is 0 Å². The van der Waals surface area contributed by atoms with Gasteiger partial charge in [-0.05, 0) is 32.2 Å². The van der Waals surface area contributed by atoms with Gasteiger partial charge in [0.25, 0.3) is 0 Å². The Morgan fingerprint density at radius 3 is 2.54 bits per heavy atom. The highest BCUT2D eigenvalue weighted by atomic mass is 16.5. The maximum atomic E-state index is 5.90. The van der Waals surface area contributed by atoms with E-state index in [1.54, 1.807) is 0 Å². The summed E-state index contributed by atoms with van der Waals surface area (Å²) in [6, 6.07) is 0.655. The minimum absolute atomic E-state index is 0.580. The smallest absolute Gasteiger partial charge is 0.0623 e. The van der Waals surface area contributed by atoms with E-state index >= 15 is 0 Å². The van der Waals surface area contributed by atoms with E-state index in [1.807, 2.05) is 0 Å². The van der Waals surface area contributed by atoms with Crippen LogP contribution in [0.15, 0.2) is 0 Å². The van der Waals surface area contributed by atoms with Crippen LogP contribution in [0.5, 0.6) is 0 Å². The fraction of sp³-hybridized carbons (Fsp3) is 1.00. The molecule has 0 spiro atoms. The second-order valence-electron chi connectivity index (χ2n) is 4.39. The summed E-state index contributed by atoms with van der Waals surface area (Å²) in [5.41, 5.74) is 0. The number of hydrogen-bond donors (Lipinski definition) is 1. The Morgan fingerprint density at radius 2 is 1.85 bits per heavy atom. The third-order valence-corrected chi connectivity index (χ3v) is 3.25. The van der Waals surface area contributed by atoms with Crippen molar-refractivity contribution in [1.29, 1.82) is 0 Å². The average Bonchev–Trinajstić information content (AvgIpc) is 2.69. The predicted octanol–water partition coefficient (Wildman–Crippen LogP) is 2.09. The van der Waals surface area contributed by atoms with Crippen LogP contribution in [-0.2, 0) is 4.74 Å². The number of rotatable bonds is 3. The zero-order valence-corrected chi connectivity index (χ0v) is 8.43. The van der Waals surface area contributed by atoms with Gasteiger partial charge in [0.15, 0.2) is 0 Å². The second-order valence-corrected chi connectivity index (χ2v) is 4.39. The van der Waals surface area contributed by atoms with Crippen LogP contribution in [0.25, 0.3) is 0 Å². The van der Waals surface area contributed by atoms with Gasteiger partial charge in [-0.25, -0.2) is 0 Å². The Bertz CT molecular complexity index is 137. The molecule has 1 heterocycles. The van der Waals surface area contributed by atoms with Crippen molar-refractivity contribution < 1.29 is 4.74 Å². The van der Waals surface area contributed by atoms with Crippen molar-refractivity contribution in [3.63, 3.8) is 0 Å². The molecule has 1 saturated carbocycles. The van der Waals surface area contributed by atoms with E-state index in [9.17, 15) is 0 Å². The molecule has 1 saturated heterocycles. The van der Waals surface area contributed by atoms with Crippen molar-refractivity contribution in [3.05, 3.63) is 0 Å². The molecule has 0 amide bonds. The van der Waals surface area contributed by atoms with Gasteiger partial charge in [0.2, 0.25) is 0 Å². The summed E-state index contributed by atoms with van der Waals surface area (Å²) in [5.74, 6) is 0. The molecule has 0 radical (unpaired) electrons. The lowest BCUT2D eigenvalue weighted by molar-refractivity contribution is 0.0184. The molecular weight excluding hydrogens is 162 g/mol. The van der Waals surface area contributed by atoms with E-state index < -0.39 is 0 Å². The summed E-state index contributed by atoms with van der Waals surface area (Å²) in [5, 5.41) is 3.47. The third-order valence-electron chi connectivity index (χ3n) is 3.25. The monoisotopic (exact) mass is 183 g/mol. The van der Waals surface area contributed by atoms with Crippen LogP contribution in [0.3, 0.4) is 0 Å². The molecule has 1 N–H and O–H groups in total. The summed E-state index contributed by atoms with van der Waals surface area (Å²) < 4.78 is 5.90. The van der Waals surface area contributed by atoms with Crippen LogP contribution in [0.1, 0.15) is 44.9 Å². The largest absolute Gasteiger partial charge is 0.377 e. The average molecular weight is 183 g/mol. The molecule has 76 valence electrons. The van der Waals surface area contributed by atoms with E-state index in [0.717, 1.165) is 6.61 Å². The molecule has 1 aliphatic heterocycles. The molecular formula is C11H21NO. The van der Waals surface area contributed by atoms with Gasteiger partial charge in [0.1, 0.15) is 0 Å². The van der Waals surface area contributed by atoms with E-state index in [4.69, 9.17) is 4.74 Å². The summed E-state index contributed by atoms with van der Waals surface area (Å²) in [4.78, 5) is 0. The number of ether oxygens (including phenoxy) is 1. The van der Waals surface area contributed by atoms with Gasteiger partial charge < -0.3 is 10.1 Å². The minimum Gasteiger partial charge on any atom is -0.377 e. The first-order valence-electron chi connectivity index (χ1n) is 5.80. The predicted molar refractivity (Wildman–Crippen MR) is 53.8 cm³/mol. The minimum atomic E-state index is 0.580. The first kappa shape index (κ1) is 9.47. The van der Waals surface area contributed by atoms with E-state index in [1.165, 1.54) is 51.5 Å². The van der Waals surface area contributed by atoms with E-state index in [-0.39, 0.29) is 0 Å². The second kappa shape index (κ2) is 4.97. The van der Waals surface area contributed by atoms with Crippen molar-refractivity contribution in [2.45, 2.75) is 57.1 Å². The van der Waals surface area contributed by atoms with Gasteiger partial charge in [0, 0.05) is 6.04 Å². The highest BCUT2D eigenvalue weighted by molar-refractivity contribution is 4.74. The fourth-order valence-corrected chi connectivity index (χ4v) is 2.38. The van der Waals surface area contributed by atoms with Crippen LogP contribution >= 0.6 is 0 Å². The van der Waals surface area contributed by atoms with Gasteiger partial charge in [-0.3, -0.25) is 0 Å². The van der Waals surface area contributed by atoms with Crippen molar-refractivity contribution in [1.82, 2.24) is 5.32 Å². The molecule has 0 bridgehead atoms. The van der Waals surface area contributed by atoms with Crippen LogP contribution < -0.4 is 5.32 Å². The zero-order chi connectivity index (χ0) is 8.93. The maximum Gasteiger partial charge on any atom is 0.0623 e. The van der Waals surface area contributed by atoms with Crippen molar-refractivity contribution >= 4 is 0 Å². The molecule has 2 aliphatic rings. The summed E-state index contributed by atoms with van der Waals surface area (Å²) >= 11 is 0. The van der Waals surface area contributed by atoms with Crippen molar-refractivity contribution in [2.75, 3.05) is 13.2 Å². The lowest BCUT2D eigenvalue weighted by atomic mass is 9.98. The lowest BCUT2D eigenvalue weighted by Gasteiger charge is -2.23. The standard InChI is InChI=1S/C11H21NO/c1-2-6-11(7-3-1)13-9-10-5-4-8-12-10/h10-12H,1-9H2/t10-/m1/s1. The first-order chi connectivity index (χ1) is 6.45. The number of nitrogens with one attached hydrogen (secondary N) is 1. The van der Waals surface area contributed by atoms with Crippen LogP contribution in [-0.4, -0.2) is 25.3 Å². The molecule has 1 aliphatic carbocycles. The first-order valence-corrected chi connectivity index (χ1v) is 5.80. The highest BCUT2D eigenvalue weighted by Crippen LogP contribution is 2.20. The topological polar surface area (TPSA) is 21.3 Å². The quantitative estimate of drug-likeness (QED) is 0.723. The molecule has 2 heteroatoms. The van der Waals surface area contributed by atoms with Crippen molar-refractivity contribution in [3.8, 4) is 0 Å².